The third-order valence-corrected chi connectivity index (χ3v) is 4.29. The molecule has 0 atom stereocenters. The van der Waals surface area contributed by atoms with E-state index < -0.39 is 18.5 Å². The fourth-order valence-electron chi connectivity index (χ4n) is 2.37. The zero-order valence-electron chi connectivity index (χ0n) is 12.8. The van der Waals surface area contributed by atoms with Crippen molar-refractivity contribution in [1.29, 1.82) is 0 Å². The Morgan fingerprint density at radius 1 is 1.12 bits per heavy atom. The van der Waals surface area contributed by atoms with Crippen molar-refractivity contribution < 1.29 is 19.1 Å². The number of amides is 2. The standard InChI is InChI=1S/C17H12Cl2N2O4/c18-11-6-5-10(7-12(11)19)17(24)25-9-16(23)21-8-15(22)20-13-3-1-2-4-14(13)21/h1-7H,8-9H2,(H,20,22). The van der Waals surface area contributed by atoms with Crippen molar-refractivity contribution in [3.05, 3.63) is 58.1 Å². The van der Waals surface area contributed by atoms with Crippen LogP contribution in [-0.2, 0) is 14.3 Å². The maximum Gasteiger partial charge on any atom is 0.338 e. The van der Waals surface area contributed by atoms with Gasteiger partial charge in [0, 0.05) is 0 Å². The first-order chi connectivity index (χ1) is 12.0. The Balaban J connectivity index is 1.69. The second-order valence-electron chi connectivity index (χ2n) is 5.25. The number of ether oxygens (including phenoxy) is 1. The number of carbonyl (C=O) groups excluding carboxylic acids is 3. The molecule has 6 nitrogen and oxygen atoms in total. The molecule has 0 aromatic heterocycles. The van der Waals surface area contributed by atoms with Crippen molar-refractivity contribution in [2.24, 2.45) is 0 Å². The van der Waals surface area contributed by atoms with Gasteiger partial charge < -0.3 is 10.1 Å². The molecule has 8 heteroatoms. The van der Waals surface area contributed by atoms with Gasteiger partial charge in [0.2, 0.25) is 5.91 Å². The van der Waals surface area contributed by atoms with Crippen LogP contribution in [0, 0.1) is 0 Å². The Morgan fingerprint density at radius 2 is 1.88 bits per heavy atom. The van der Waals surface area contributed by atoms with E-state index in [1.807, 2.05) is 0 Å². The Kier molecular flexibility index (Phi) is 4.92. The molecule has 128 valence electrons. The summed E-state index contributed by atoms with van der Waals surface area (Å²) in [6, 6.07) is 11.2. The molecular formula is C17H12Cl2N2O4. The normalized spacial score (nSPS) is 13.0. The molecule has 2 aromatic rings. The predicted octanol–water partition coefficient (Wildman–Crippen LogP) is 3.14. The number of anilines is 2. The van der Waals surface area contributed by atoms with Gasteiger partial charge in [-0.1, -0.05) is 35.3 Å². The fourth-order valence-corrected chi connectivity index (χ4v) is 2.67. The molecule has 0 spiro atoms. The third-order valence-electron chi connectivity index (χ3n) is 3.55. The highest BCUT2D eigenvalue weighted by Crippen LogP contribution is 2.29. The third kappa shape index (κ3) is 3.75. The molecule has 0 bridgehead atoms. The van der Waals surface area contributed by atoms with Crippen LogP contribution in [0.4, 0.5) is 11.4 Å². The summed E-state index contributed by atoms with van der Waals surface area (Å²) in [5.74, 6) is -1.53. The van der Waals surface area contributed by atoms with Crippen LogP contribution in [0.2, 0.25) is 10.0 Å². The summed E-state index contributed by atoms with van der Waals surface area (Å²) in [6.45, 7) is -0.638. The van der Waals surface area contributed by atoms with E-state index in [1.165, 1.54) is 23.1 Å². The van der Waals surface area contributed by atoms with Crippen molar-refractivity contribution in [3.63, 3.8) is 0 Å². The van der Waals surface area contributed by atoms with Gasteiger partial charge in [-0.25, -0.2) is 4.79 Å². The first kappa shape index (κ1) is 17.3. The zero-order valence-corrected chi connectivity index (χ0v) is 14.3. The first-order valence-electron chi connectivity index (χ1n) is 7.27. The topological polar surface area (TPSA) is 75.7 Å². The monoisotopic (exact) mass is 378 g/mol. The number of nitrogens with zero attached hydrogens (tertiary/aromatic N) is 1. The van der Waals surface area contributed by atoms with Gasteiger partial charge in [0.25, 0.3) is 5.91 Å². The summed E-state index contributed by atoms with van der Waals surface area (Å²) in [7, 11) is 0. The zero-order chi connectivity index (χ0) is 18.0. The molecule has 25 heavy (non-hydrogen) atoms. The summed E-state index contributed by atoms with van der Waals surface area (Å²) < 4.78 is 5.02. The van der Waals surface area contributed by atoms with Crippen molar-refractivity contribution in [2.75, 3.05) is 23.4 Å². The molecule has 2 amide bonds. The molecule has 0 fully saturated rings. The van der Waals surface area contributed by atoms with Crippen LogP contribution >= 0.6 is 23.2 Å². The highest BCUT2D eigenvalue weighted by Gasteiger charge is 2.27. The van der Waals surface area contributed by atoms with Crippen LogP contribution in [0.1, 0.15) is 10.4 Å². The lowest BCUT2D eigenvalue weighted by Gasteiger charge is -2.28. The summed E-state index contributed by atoms with van der Waals surface area (Å²) in [5.41, 5.74) is 1.26. The van der Waals surface area contributed by atoms with Gasteiger partial charge in [0.1, 0.15) is 6.54 Å². The highest BCUT2D eigenvalue weighted by molar-refractivity contribution is 6.42. The van der Waals surface area contributed by atoms with Crippen LogP contribution < -0.4 is 10.2 Å². The molecule has 1 N–H and O–H groups in total. The second-order valence-corrected chi connectivity index (χ2v) is 6.06. The van der Waals surface area contributed by atoms with E-state index in [0.717, 1.165) is 0 Å². The van der Waals surface area contributed by atoms with Gasteiger partial charge in [-0.05, 0) is 30.3 Å². The average molecular weight is 379 g/mol. The van der Waals surface area contributed by atoms with Gasteiger partial charge in [0.05, 0.1) is 27.0 Å². The lowest BCUT2D eigenvalue weighted by Crippen LogP contribution is -2.44. The number of hydrogen-bond acceptors (Lipinski definition) is 4. The SMILES string of the molecule is O=C1CN(C(=O)COC(=O)c2ccc(Cl)c(Cl)c2)c2ccccc2N1. The Hall–Kier alpha value is -2.57. The van der Waals surface area contributed by atoms with Gasteiger partial charge in [0.15, 0.2) is 6.61 Å². The summed E-state index contributed by atoms with van der Waals surface area (Å²) in [4.78, 5) is 37.4. The number of fused-ring (bicyclic) bond motifs is 1. The molecule has 1 aliphatic heterocycles. The lowest BCUT2D eigenvalue weighted by molar-refractivity contribution is -0.124. The molecule has 0 saturated heterocycles. The number of carbonyl (C=O) groups is 3. The van der Waals surface area contributed by atoms with Crippen molar-refractivity contribution in [3.8, 4) is 0 Å². The Bertz CT molecular complexity index is 869. The minimum Gasteiger partial charge on any atom is -0.452 e. The maximum atomic E-state index is 12.4. The van der Waals surface area contributed by atoms with E-state index in [2.05, 4.69) is 5.32 Å². The van der Waals surface area contributed by atoms with E-state index in [9.17, 15) is 14.4 Å². The molecular weight excluding hydrogens is 367 g/mol. The van der Waals surface area contributed by atoms with Crippen molar-refractivity contribution in [2.45, 2.75) is 0 Å². The Morgan fingerprint density at radius 3 is 2.64 bits per heavy atom. The summed E-state index contributed by atoms with van der Waals surface area (Å²) in [6.07, 6.45) is 0. The van der Waals surface area contributed by atoms with Crippen LogP contribution in [0.25, 0.3) is 0 Å². The fraction of sp³-hybridized carbons (Fsp3) is 0.118. The van der Waals surface area contributed by atoms with Crippen LogP contribution in [0.15, 0.2) is 42.5 Å². The van der Waals surface area contributed by atoms with E-state index in [1.54, 1.807) is 24.3 Å². The maximum absolute atomic E-state index is 12.4. The number of benzene rings is 2. The minimum absolute atomic E-state index is 0.139. The molecule has 0 saturated carbocycles. The lowest BCUT2D eigenvalue weighted by atomic mass is 10.2. The predicted molar refractivity (Wildman–Crippen MR) is 94.2 cm³/mol. The van der Waals surface area contributed by atoms with Gasteiger partial charge in [-0.2, -0.15) is 0 Å². The molecule has 3 rings (SSSR count). The van der Waals surface area contributed by atoms with Gasteiger partial charge in [-0.15, -0.1) is 0 Å². The average Bonchev–Trinajstić information content (AvgIpc) is 2.60. The second kappa shape index (κ2) is 7.13. The van der Waals surface area contributed by atoms with Gasteiger partial charge >= 0.3 is 5.97 Å². The van der Waals surface area contributed by atoms with E-state index in [0.29, 0.717) is 16.4 Å². The highest BCUT2D eigenvalue weighted by atomic mass is 35.5. The first-order valence-corrected chi connectivity index (χ1v) is 8.02. The minimum atomic E-state index is -0.707. The molecule has 1 heterocycles. The van der Waals surface area contributed by atoms with Crippen molar-refractivity contribution >= 4 is 52.4 Å². The van der Waals surface area contributed by atoms with E-state index >= 15 is 0 Å². The molecule has 2 aromatic carbocycles. The summed E-state index contributed by atoms with van der Waals surface area (Å²) in [5, 5.41) is 3.20. The quantitative estimate of drug-likeness (QED) is 0.832. The molecule has 0 unspecified atom stereocenters. The van der Waals surface area contributed by atoms with Crippen LogP contribution in [0.5, 0.6) is 0 Å². The molecule has 1 aliphatic rings. The van der Waals surface area contributed by atoms with Crippen LogP contribution in [-0.4, -0.2) is 30.9 Å². The number of hydrogen-bond donors (Lipinski definition) is 1. The smallest absolute Gasteiger partial charge is 0.338 e. The number of para-hydroxylation sites is 2. The number of rotatable bonds is 3. The Labute approximate surface area is 153 Å². The van der Waals surface area contributed by atoms with Gasteiger partial charge in [-0.3, -0.25) is 14.5 Å². The van der Waals surface area contributed by atoms with Crippen LogP contribution in [0.3, 0.4) is 0 Å². The number of esters is 1. The van der Waals surface area contributed by atoms with Crippen molar-refractivity contribution in [1.82, 2.24) is 0 Å². The summed E-state index contributed by atoms with van der Waals surface area (Å²) >= 11 is 11.6. The molecule has 0 aliphatic carbocycles. The number of nitrogens with one attached hydrogen (secondary N) is 1. The number of halogens is 2. The van der Waals surface area contributed by atoms with E-state index in [4.69, 9.17) is 27.9 Å². The van der Waals surface area contributed by atoms with E-state index in [-0.39, 0.29) is 23.0 Å². The largest absolute Gasteiger partial charge is 0.452 e. The molecule has 0 radical (unpaired) electrons.